The first-order valence-electron chi connectivity index (χ1n) is 8.45. The van der Waals surface area contributed by atoms with Crippen LogP contribution in [0.25, 0.3) is 11.1 Å². The lowest BCUT2D eigenvalue weighted by Gasteiger charge is -2.19. The maximum atomic E-state index is 13.5. The van der Waals surface area contributed by atoms with Gasteiger partial charge in [-0.05, 0) is 49.2 Å². The van der Waals surface area contributed by atoms with Crippen LogP contribution >= 0.6 is 0 Å². The number of carbonyl (C=O) groups excluding carboxylic acids is 1. The number of aromatic nitrogens is 3. The number of rotatable bonds is 5. The average Bonchev–Trinajstić information content (AvgIpc) is 3.09. The van der Waals surface area contributed by atoms with E-state index in [9.17, 15) is 9.18 Å². The van der Waals surface area contributed by atoms with Crippen LogP contribution in [0.2, 0.25) is 0 Å². The highest BCUT2D eigenvalue weighted by atomic mass is 19.1. The quantitative estimate of drug-likeness (QED) is 0.699. The Morgan fingerprint density at radius 2 is 1.85 bits per heavy atom. The second-order valence-corrected chi connectivity index (χ2v) is 6.50. The van der Waals surface area contributed by atoms with Gasteiger partial charge in [-0.3, -0.25) is 4.79 Å². The topological polar surface area (TPSA) is 51.0 Å². The summed E-state index contributed by atoms with van der Waals surface area (Å²) in [6.45, 7) is 4.44. The van der Waals surface area contributed by atoms with Gasteiger partial charge in [-0.15, -0.1) is 10.2 Å². The normalized spacial score (nSPS) is 11.0. The molecule has 6 heteroatoms. The standard InChI is InChI=1S/C20H21FN4O/c1-14(2)25-13-22-23-19(25)12-24(3)20(26)17-8-4-6-15(10-17)16-7-5-9-18(21)11-16/h4-11,13-14H,12H2,1-3H3. The molecule has 0 saturated carbocycles. The lowest BCUT2D eigenvalue weighted by Crippen LogP contribution is -2.28. The van der Waals surface area contributed by atoms with Gasteiger partial charge in [0, 0.05) is 18.7 Å². The third kappa shape index (κ3) is 3.79. The van der Waals surface area contributed by atoms with Crippen molar-refractivity contribution in [1.82, 2.24) is 19.7 Å². The highest BCUT2D eigenvalue weighted by molar-refractivity contribution is 5.95. The van der Waals surface area contributed by atoms with Crippen LogP contribution in [0.3, 0.4) is 0 Å². The molecule has 0 unspecified atom stereocenters. The van der Waals surface area contributed by atoms with Gasteiger partial charge in [0.1, 0.15) is 12.1 Å². The zero-order chi connectivity index (χ0) is 18.7. The van der Waals surface area contributed by atoms with E-state index >= 15 is 0 Å². The van der Waals surface area contributed by atoms with E-state index < -0.39 is 0 Å². The summed E-state index contributed by atoms with van der Waals surface area (Å²) in [6, 6.07) is 13.8. The van der Waals surface area contributed by atoms with Crippen LogP contribution < -0.4 is 0 Å². The van der Waals surface area contributed by atoms with Gasteiger partial charge in [0.15, 0.2) is 5.82 Å². The molecule has 5 nitrogen and oxygen atoms in total. The van der Waals surface area contributed by atoms with Crippen molar-refractivity contribution < 1.29 is 9.18 Å². The first-order valence-corrected chi connectivity index (χ1v) is 8.45. The fraction of sp³-hybridized carbons (Fsp3) is 0.250. The van der Waals surface area contributed by atoms with Crippen molar-refractivity contribution >= 4 is 5.91 Å². The van der Waals surface area contributed by atoms with E-state index in [0.717, 1.165) is 17.0 Å². The lowest BCUT2D eigenvalue weighted by molar-refractivity contribution is 0.0779. The Kier molecular flexibility index (Phi) is 5.11. The molecule has 0 saturated heterocycles. The first-order chi connectivity index (χ1) is 12.5. The largest absolute Gasteiger partial charge is 0.334 e. The molecule has 3 aromatic rings. The molecule has 0 fully saturated rings. The maximum absolute atomic E-state index is 13.5. The van der Waals surface area contributed by atoms with Gasteiger partial charge in [0.25, 0.3) is 5.91 Å². The summed E-state index contributed by atoms with van der Waals surface area (Å²) in [6.07, 6.45) is 1.67. The van der Waals surface area contributed by atoms with Crippen LogP contribution in [0.1, 0.15) is 36.1 Å². The zero-order valence-corrected chi connectivity index (χ0v) is 15.1. The monoisotopic (exact) mass is 352 g/mol. The zero-order valence-electron chi connectivity index (χ0n) is 15.1. The van der Waals surface area contributed by atoms with Crippen molar-refractivity contribution in [2.75, 3.05) is 7.05 Å². The van der Waals surface area contributed by atoms with E-state index in [2.05, 4.69) is 10.2 Å². The van der Waals surface area contributed by atoms with E-state index in [1.807, 2.05) is 30.5 Å². The Morgan fingerprint density at radius 1 is 1.15 bits per heavy atom. The number of benzene rings is 2. The average molecular weight is 352 g/mol. The third-order valence-corrected chi connectivity index (χ3v) is 4.20. The van der Waals surface area contributed by atoms with E-state index in [4.69, 9.17) is 0 Å². The molecule has 0 spiro atoms. The minimum absolute atomic E-state index is 0.124. The molecular formula is C20H21FN4O. The van der Waals surface area contributed by atoms with E-state index in [1.54, 1.807) is 42.5 Å². The Balaban J connectivity index is 1.81. The van der Waals surface area contributed by atoms with Crippen LogP contribution in [-0.4, -0.2) is 32.6 Å². The maximum Gasteiger partial charge on any atom is 0.254 e. The van der Waals surface area contributed by atoms with Crippen molar-refractivity contribution in [1.29, 1.82) is 0 Å². The van der Waals surface area contributed by atoms with E-state index in [0.29, 0.717) is 12.1 Å². The number of hydrogen-bond donors (Lipinski definition) is 0. The predicted molar refractivity (Wildman–Crippen MR) is 98.0 cm³/mol. The summed E-state index contributed by atoms with van der Waals surface area (Å²) in [7, 11) is 1.73. The van der Waals surface area contributed by atoms with Crippen molar-refractivity contribution in [3.8, 4) is 11.1 Å². The van der Waals surface area contributed by atoms with Crippen molar-refractivity contribution in [2.24, 2.45) is 0 Å². The lowest BCUT2D eigenvalue weighted by atomic mass is 10.0. The van der Waals surface area contributed by atoms with Crippen LogP contribution in [0, 0.1) is 5.82 Å². The highest BCUT2D eigenvalue weighted by Crippen LogP contribution is 2.22. The number of halogens is 1. The summed E-state index contributed by atoms with van der Waals surface area (Å²) >= 11 is 0. The molecular weight excluding hydrogens is 331 g/mol. The minimum Gasteiger partial charge on any atom is -0.334 e. The van der Waals surface area contributed by atoms with Gasteiger partial charge in [-0.1, -0.05) is 24.3 Å². The Labute approximate surface area is 152 Å². The molecule has 0 aliphatic rings. The van der Waals surface area contributed by atoms with Crippen molar-refractivity contribution in [3.63, 3.8) is 0 Å². The molecule has 2 aromatic carbocycles. The van der Waals surface area contributed by atoms with E-state index in [1.165, 1.54) is 12.1 Å². The molecule has 0 atom stereocenters. The summed E-state index contributed by atoms with van der Waals surface area (Å²) in [4.78, 5) is 14.4. The Bertz CT molecular complexity index is 919. The van der Waals surface area contributed by atoms with Gasteiger partial charge >= 0.3 is 0 Å². The molecule has 0 aliphatic heterocycles. The van der Waals surface area contributed by atoms with Gasteiger partial charge in [-0.2, -0.15) is 0 Å². The minimum atomic E-state index is -0.302. The van der Waals surface area contributed by atoms with Gasteiger partial charge < -0.3 is 9.47 Å². The molecule has 3 rings (SSSR count). The molecule has 0 aliphatic carbocycles. The smallest absolute Gasteiger partial charge is 0.254 e. The molecule has 0 bridgehead atoms. The second-order valence-electron chi connectivity index (χ2n) is 6.50. The van der Waals surface area contributed by atoms with Crippen molar-refractivity contribution in [3.05, 3.63) is 72.1 Å². The van der Waals surface area contributed by atoms with Gasteiger partial charge in [-0.25, -0.2) is 4.39 Å². The van der Waals surface area contributed by atoms with Crippen LogP contribution in [0.5, 0.6) is 0 Å². The van der Waals surface area contributed by atoms with Gasteiger partial charge in [0.2, 0.25) is 0 Å². The fourth-order valence-electron chi connectivity index (χ4n) is 2.82. The number of amides is 1. The number of nitrogens with zero attached hydrogens (tertiary/aromatic N) is 4. The number of carbonyl (C=O) groups is 1. The molecule has 0 radical (unpaired) electrons. The third-order valence-electron chi connectivity index (χ3n) is 4.20. The second kappa shape index (κ2) is 7.47. The predicted octanol–water partition coefficient (Wildman–Crippen LogP) is 3.94. The van der Waals surface area contributed by atoms with E-state index in [-0.39, 0.29) is 17.8 Å². The summed E-state index contributed by atoms with van der Waals surface area (Å²) in [5.74, 6) is 0.308. The molecule has 0 N–H and O–H groups in total. The van der Waals surface area contributed by atoms with Crippen LogP contribution in [0.15, 0.2) is 54.9 Å². The Morgan fingerprint density at radius 3 is 2.54 bits per heavy atom. The summed E-state index contributed by atoms with van der Waals surface area (Å²) in [5, 5.41) is 8.04. The SMILES string of the molecule is CC(C)n1cnnc1CN(C)C(=O)c1cccc(-c2cccc(F)c2)c1. The first kappa shape index (κ1) is 17.8. The number of hydrogen-bond acceptors (Lipinski definition) is 3. The molecule has 1 amide bonds. The molecule has 1 heterocycles. The highest BCUT2D eigenvalue weighted by Gasteiger charge is 2.16. The fourth-order valence-corrected chi connectivity index (χ4v) is 2.82. The molecule has 134 valence electrons. The van der Waals surface area contributed by atoms with Crippen LogP contribution in [0.4, 0.5) is 4.39 Å². The summed E-state index contributed by atoms with van der Waals surface area (Å²) < 4.78 is 15.4. The van der Waals surface area contributed by atoms with Crippen molar-refractivity contribution in [2.45, 2.75) is 26.4 Å². The Hall–Kier alpha value is -3.02. The molecule has 1 aromatic heterocycles. The van der Waals surface area contributed by atoms with Crippen LogP contribution in [-0.2, 0) is 6.54 Å². The molecule has 26 heavy (non-hydrogen) atoms. The van der Waals surface area contributed by atoms with Gasteiger partial charge in [0.05, 0.1) is 6.54 Å². The summed E-state index contributed by atoms with van der Waals surface area (Å²) in [5.41, 5.74) is 2.08.